The second-order valence-corrected chi connectivity index (χ2v) is 7.34. The van der Waals surface area contributed by atoms with Gasteiger partial charge in [0.05, 0.1) is 6.42 Å². The number of fused-ring (bicyclic) bond motifs is 2. The number of rotatable bonds is 4. The van der Waals surface area contributed by atoms with Gasteiger partial charge in [0.2, 0.25) is 0 Å². The van der Waals surface area contributed by atoms with Crippen LogP contribution in [0.4, 0.5) is 5.69 Å². The maximum Gasteiger partial charge on any atom is 0.311 e. The first kappa shape index (κ1) is 18.2. The van der Waals surface area contributed by atoms with E-state index < -0.39 is 12.1 Å². The lowest BCUT2D eigenvalue weighted by Crippen LogP contribution is -2.43. The zero-order chi connectivity index (χ0) is 19.7. The van der Waals surface area contributed by atoms with E-state index in [1.807, 2.05) is 73.7 Å². The third kappa shape index (κ3) is 3.38. The van der Waals surface area contributed by atoms with Crippen LogP contribution < -0.4 is 4.90 Å². The molecule has 4 nitrogen and oxygen atoms in total. The number of esters is 1. The second-order valence-electron chi connectivity index (χ2n) is 7.34. The van der Waals surface area contributed by atoms with Gasteiger partial charge in [0.25, 0.3) is 5.91 Å². The van der Waals surface area contributed by atoms with Crippen molar-refractivity contribution in [3.8, 4) is 0 Å². The Labute approximate surface area is 164 Å². The number of carbonyl (C=O) groups is 2. The predicted octanol–water partition coefficient (Wildman–Crippen LogP) is 4.29. The molecule has 3 aromatic carbocycles. The highest BCUT2D eigenvalue weighted by molar-refractivity contribution is 6.00. The van der Waals surface area contributed by atoms with Gasteiger partial charge in [-0.05, 0) is 48.2 Å². The molecule has 0 spiro atoms. The van der Waals surface area contributed by atoms with Crippen LogP contribution >= 0.6 is 0 Å². The van der Waals surface area contributed by atoms with E-state index in [9.17, 15) is 9.59 Å². The van der Waals surface area contributed by atoms with E-state index in [2.05, 4.69) is 0 Å². The van der Waals surface area contributed by atoms with Gasteiger partial charge in [-0.15, -0.1) is 0 Å². The van der Waals surface area contributed by atoms with Crippen molar-refractivity contribution in [1.29, 1.82) is 0 Å². The van der Waals surface area contributed by atoms with Gasteiger partial charge in [0.1, 0.15) is 0 Å². The van der Waals surface area contributed by atoms with Crippen molar-refractivity contribution in [2.24, 2.45) is 0 Å². The largest absolute Gasteiger partial charge is 0.452 e. The molecular weight excluding hydrogens is 350 g/mol. The minimum absolute atomic E-state index is 0.0594. The molecule has 1 aliphatic rings. The lowest BCUT2D eigenvalue weighted by atomic mass is 10.0. The third-order valence-corrected chi connectivity index (χ3v) is 5.32. The number of nitrogens with zero attached hydrogens (tertiary/aromatic N) is 1. The van der Waals surface area contributed by atoms with Crippen LogP contribution in [0.3, 0.4) is 0 Å². The van der Waals surface area contributed by atoms with Crippen LogP contribution in [-0.2, 0) is 27.2 Å². The first-order valence-electron chi connectivity index (χ1n) is 9.61. The Kier molecular flexibility index (Phi) is 4.86. The maximum atomic E-state index is 13.0. The van der Waals surface area contributed by atoms with E-state index in [-0.39, 0.29) is 18.4 Å². The van der Waals surface area contributed by atoms with Gasteiger partial charge in [-0.1, -0.05) is 60.7 Å². The minimum Gasteiger partial charge on any atom is -0.452 e. The molecule has 2 atom stereocenters. The Balaban J connectivity index is 1.47. The molecule has 0 bridgehead atoms. The normalized spacial score (nSPS) is 16.6. The van der Waals surface area contributed by atoms with Crippen LogP contribution in [0.2, 0.25) is 0 Å². The topological polar surface area (TPSA) is 46.6 Å². The number of para-hydroxylation sites is 1. The second kappa shape index (κ2) is 7.47. The minimum atomic E-state index is -0.823. The zero-order valence-corrected chi connectivity index (χ0v) is 16.1. The van der Waals surface area contributed by atoms with E-state index in [1.54, 1.807) is 11.8 Å². The summed E-state index contributed by atoms with van der Waals surface area (Å²) in [5.74, 6) is -0.568. The van der Waals surface area contributed by atoms with E-state index >= 15 is 0 Å². The van der Waals surface area contributed by atoms with Crippen molar-refractivity contribution >= 4 is 28.3 Å². The first-order chi connectivity index (χ1) is 13.5. The highest BCUT2D eigenvalue weighted by Gasteiger charge is 2.34. The van der Waals surface area contributed by atoms with Crippen LogP contribution in [0.25, 0.3) is 10.8 Å². The molecule has 4 heteroatoms. The summed E-state index contributed by atoms with van der Waals surface area (Å²) in [5.41, 5.74) is 2.97. The standard InChI is InChI=1S/C24H23NO3/c1-16-14-20-9-4-6-13-22(20)25(16)24(27)17(2)28-23(26)15-19-11-7-10-18-8-3-5-12-21(18)19/h3-13,16-17H,14-15H2,1-2H3/t16-,17-/m1/s1. The van der Waals surface area contributed by atoms with Crippen molar-refractivity contribution in [2.45, 2.75) is 38.8 Å². The predicted molar refractivity (Wildman–Crippen MR) is 110 cm³/mol. The summed E-state index contributed by atoms with van der Waals surface area (Å²) in [5, 5.41) is 2.11. The zero-order valence-electron chi connectivity index (χ0n) is 16.1. The Bertz CT molecular complexity index is 1040. The fourth-order valence-electron chi connectivity index (χ4n) is 3.99. The number of hydrogen-bond donors (Lipinski definition) is 0. The Morgan fingerprint density at radius 1 is 1.04 bits per heavy atom. The number of amides is 1. The van der Waals surface area contributed by atoms with Gasteiger partial charge in [0, 0.05) is 11.7 Å². The number of anilines is 1. The summed E-state index contributed by atoms with van der Waals surface area (Å²) in [6.45, 7) is 3.67. The summed E-state index contributed by atoms with van der Waals surface area (Å²) in [6, 6.07) is 21.8. The average Bonchev–Trinajstić information content (AvgIpc) is 3.03. The molecule has 0 fully saturated rings. The van der Waals surface area contributed by atoms with Gasteiger partial charge >= 0.3 is 5.97 Å². The van der Waals surface area contributed by atoms with Crippen molar-refractivity contribution in [3.05, 3.63) is 77.9 Å². The van der Waals surface area contributed by atoms with Gasteiger partial charge in [-0.2, -0.15) is 0 Å². The summed E-state index contributed by atoms with van der Waals surface area (Å²) in [6.07, 6.45) is 0.139. The average molecular weight is 373 g/mol. The monoisotopic (exact) mass is 373 g/mol. The molecule has 1 heterocycles. The molecule has 1 amide bonds. The Hall–Kier alpha value is -3.14. The van der Waals surface area contributed by atoms with Gasteiger partial charge in [0.15, 0.2) is 6.10 Å². The molecule has 0 saturated heterocycles. The van der Waals surface area contributed by atoms with Gasteiger partial charge < -0.3 is 9.64 Å². The number of hydrogen-bond acceptors (Lipinski definition) is 3. The summed E-state index contributed by atoms with van der Waals surface area (Å²) >= 11 is 0. The fourth-order valence-corrected chi connectivity index (χ4v) is 3.99. The number of ether oxygens (including phenoxy) is 1. The van der Waals surface area contributed by atoms with Crippen LogP contribution in [0, 0.1) is 0 Å². The SMILES string of the molecule is C[C@@H]1Cc2ccccc2N1C(=O)[C@@H](C)OC(=O)Cc1cccc2ccccc12. The number of benzene rings is 3. The van der Waals surface area contributed by atoms with E-state index in [1.165, 1.54) is 0 Å². The molecule has 142 valence electrons. The third-order valence-electron chi connectivity index (χ3n) is 5.32. The summed E-state index contributed by atoms with van der Waals surface area (Å²) < 4.78 is 5.51. The molecule has 28 heavy (non-hydrogen) atoms. The van der Waals surface area contributed by atoms with Crippen molar-refractivity contribution in [3.63, 3.8) is 0 Å². The van der Waals surface area contributed by atoms with E-state index in [4.69, 9.17) is 4.74 Å². The van der Waals surface area contributed by atoms with Crippen LogP contribution in [0.15, 0.2) is 66.7 Å². The molecule has 3 aromatic rings. The summed E-state index contributed by atoms with van der Waals surface area (Å²) in [4.78, 5) is 27.2. The maximum absolute atomic E-state index is 13.0. The lowest BCUT2D eigenvalue weighted by Gasteiger charge is -2.26. The fraction of sp³-hybridized carbons (Fsp3) is 0.250. The molecule has 4 rings (SSSR count). The summed E-state index contributed by atoms with van der Waals surface area (Å²) in [7, 11) is 0. The smallest absolute Gasteiger partial charge is 0.311 e. The van der Waals surface area contributed by atoms with E-state index in [0.29, 0.717) is 0 Å². The highest BCUT2D eigenvalue weighted by atomic mass is 16.5. The molecule has 0 saturated carbocycles. The van der Waals surface area contributed by atoms with Crippen LogP contribution in [-0.4, -0.2) is 24.0 Å². The number of carbonyl (C=O) groups excluding carboxylic acids is 2. The molecule has 1 aliphatic heterocycles. The van der Waals surface area contributed by atoms with Gasteiger partial charge in [-0.3, -0.25) is 9.59 Å². The quantitative estimate of drug-likeness (QED) is 0.641. The molecular formula is C24H23NO3. The van der Waals surface area contributed by atoms with Crippen molar-refractivity contribution < 1.29 is 14.3 Å². The Morgan fingerprint density at radius 3 is 2.61 bits per heavy atom. The van der Waals surface area contributed by atoms with E-state index in [0.717, 1.165) is 34.0 Å². The van der Waals surface area contributed by atoms with Gasteiger partial charge in [-0.25, -0.2) is 0 Å². The molecule has 0 radical (unpaired) electrons. The molecule has 0 N–H and O–H groups in total. The first-order valence-corrected chi connectivity index (χ1v) is 9.61. The van der Waals surface area contributed by atoms with Crippen molar-refractivity contribution in [2.75, 3.05) is 4.90 Å². The van der Waals surface area contributed by atoms with Crippen LogP contribution in [0.1, 0.15) is 25.0 Å². The molecule has 0 aliphatic carbocycles. The van der Waals surface area contributed by atoms with Crippen LogP contribution in [0.5, 0.6) is 0 Å². The lowest BCUT2D eigenvalue weighted by molar-refractivity contribution is -0.153. The highest BCUT2D eigenvalue weighted by Crippen LogP contribution is 2.32. The van der Waals surface area contributed by atoms with Crippen molar-refractivity contribution in [1.82, 2.24) is 0 Å². The molecule has 0 aromatic heterocycles. The Morgan fingerprint density at radius 2 is 1.75 bits per heavy atom. The molecule has 0 unspecified atom stereocenters.